The average Bonchev–Trinajstić information content (AvgIpc) is 3.70. The van der Waals surface area contributed by atoms with Crippen molar-refractivity contribution in [2.75, 3.05) is 18.1 Å². The number of primary amides is 1. The van der Waals surface area contributed by atoms with E-state index >= 15 is 0 Å². The zero-order valence-corrected chi connectivity index (χ0v) is 21.5. The fourth-order valence-corrected chi connectivity index (χ4v) is 4.01. The smallest absolute Gasteiger partial charge is 0.426 e. The number of nitrogens with two attached hydrogens (primary N) is 1. The van der Waals surface area contributed by atoms with Gasteiger partial charge in [0.05, 0.1) is 21.4 Å². The molecular weight excluding hydrogens is 516 g/mol. The van der Waals surface area contributed by atoms with E-state index in [1.54, 1.807) is 36.7 Å². The number of ether oxygens (including phenoxy) is 1. The van der Waals surface area contributed by atoms with Crippen LogP contribution in [-0.4, -0.2) is 64.5 Å². The largest absolute Gasteiger partial charge is 0.748 e. The highest BCUT2D eigenvalue weighted by molar-refractivity contribution is 7.84. The number of nitrogens with one attached hydrogen (secondary N) is 1. The number of nitrogens with zero attached hydrogens (tertiary/aromatic N) is 4. The Labute approximate surface area is 218 Å². The van der Waals surface area contributed by atoms with Crippen LogP contribution in [0.4, 0.5) is 10.6 Å². The third-order valence-corrected chi connectivity index (χ3v) is 5.83. The third kappa shape index (κ3) is 6.15. The molecule has 1 aliphatic carbocycles. The second kappa shape index (κ2) is 10.6. The number of aromatic nitrogens is 2. The molecule has 5 rings (SSSR count). The van der Waals surface area contributed by atoms with E-state index in [2.05, 4.69) is 15.2 Å². The molecule has 3 N–H and O–H groups in total. The molecule has 3 amide bonds. The molecule has 13 nitrogen and oxygen atoms in total. The molecular formula is C24H26N6O7S. The summed E-state index contributed by atoms with van der Waals surface area (Å²) in [7, 11) is -3.92. The van der Waals surface area contributed by atoms with Crippen LogP contribution in [0, 0.1) is 0 Å². The van der Waals surface area contributed by atoms with Crippen molar-refractivity contribution in [2.24, 2.45) is 5.73 Å². The Hall–Kier alpha value is -4.30. The molecule has 2 aliphatic heterocycles. The van der Waals surface area contributed by atoms with Gasteiger partial charge in [-0.05, 0) is 43.5 Å². The maximum absolute atomic E-state index is 13.5. The lowest BCUT2D eigenvalue weighted by Crippen LogP contribution is -2.44. The summed E-state index contributed by atoms with van der Waals surface area (Å²) in [4.78, 5) is 45.8. The van der Waals surface area contributed by atoms with Crippen LogP contribution in [-0.2, 0) is 21.6 Å². The highest BCUT2D eigenvalue weighted by Gasteiger charge is 2.42. The lowest BCUT2D eigenvalue weighted by atomic mass is 10.1. The third-order valence-electron chi connectivity index (χ3n) is 5.83. The van der Waals surface area contributed by atoms with E-state index in [1.807, 2.05) is 13.0 Å². The number of carbonyl (C=O) groups excluding carboxylic acids is 3. The minimum Gasteiger partial charge on any atom is -0.748 e. The molecule has 4 heterocycles. The molecule has 0 aromatic carbocycles. The summed E-state index contributed by atoms with van der Waals surface area (Å²) < 4.78 is 34.2. The summed E-state index contributed by atoms with van der Waals surface area (Å²) in [5.41, 5.74) is 7.12. The number of carbonyl (C=O) groups is 3. The van der Waals surface area contributed by atoms with E-state index in [0.29, 0.717) is 36.2 Å². The summed E-state index contributed by atoms with van der Waals surface area (Å²) >= 11 is 0. The first kappa shape index (κ1) is 26.8. The molecule has 0 spiro atoms. The number of hydrogen-bond donors (Lipinski definition) is 2. The Bertz CT molecular complexity index is 1460. The van der Waals surface area contributed by atoms with Crippen LogP contribution in [0.1, 0.15) is 40.5 Å². The molecule has 0 bridgehead atoms. The van der Waals surface area contributed by atoms with Crippen molar-refractivity contribution < 1.29 is 36.7 Å². The van der Waals surface area contributed by atoms with Gasteiger partial charge in [0.2, 0.25) is 0 Å². The number of fused-ring (bicyclic) bond motifs is 1. The summed E-state index contributed by atoms with van der Waals surface area (Å²) in [6.45, 7) is 2.34. The van der Waals surface area contributed by atoms with Crippen molar-refractivity contribution >= 4 is 33.8 Å². The van der Waals surface area contributed by atoms with Gasteiger partial charge in [0.1, 0.15) is 17.2 Å². The summed E-state index contributed by atoms with van der Waals surface area (Å²) in [5.74, 6) is -0.0498. The first-order valence-corrected chi connectivity index (χ1v) is 13.4. The fraction of sp³-hybridized carbons (Fsp3) is 0.292. The highest BCUT2D eigenvalue weighted by Crippen LogP contribution is 2.38. The molecule has 1 fully saturated rings. The predicted octanol–water partition coefficient (Wildman–Crippen LogP) is 0.885. The van der Waals surface area contributed by atoms with Gasteiger partial charge in [-0.3, -0.25) is 9.59 Å². The van der Waals surface area contributed by atoms with E-state index in [0.717, 1.165) is 23.3 Å². The van der Waals surface area contributed by atoms with E-state index < -0.39 is 28.0 Å². The normalized spacial score (nSPS) is 16.7. The van der Waals surface area contributed by atoms with E-state index in [4.69, 9.17) is 23.4 Å². The van der Waals surface area contributed by atoms with Gasteiger partial charge in [-0.15, -0.1) is 0 Å². The van der Waals surface area contributed by atoms with Crippen LogP contribution in [0.25, 0.3) is 0 Å². The number of rotatable bonds is 4. The van der Waals surface area contributed by atoms with Crippen LogP contribution in [0.15, 0.2) is 66.0 Å². The SMILES string of the molecule is CC1=CCN(C2CC2)C2=C1N(C(=O)OC[n+]1cccc(C(N)=O)c1)C(=O)c1cccnc1N2.CS(=O)(=O)[O-]. The molecule has 2 aromatic rings. The lowest BCUT2D eigenvalue weighted by molar-refractivity contribution is -0.727. The van der Waals surface area contributed by atoms with Crippen LogP contribution in [0.3, 0.4) is 0 Å². The summed E-state index contributed by atoms with van der Waals surface area (Å²) in [6, 6.07) is 6.81. The predicted molar refractivity (Wildman–Crippen MR) is 132 cm³/mol. The monoisotopic (exact) mass is 542 g/mol. The fourth-order valence-electron chi connectivity index (χ4n) is 4.01. The van der Waals surface area contributed by atoms with Crippen molar-refractivity contribution in [3.63, 3.8) is 0 Å². The van der Waals surface area contributed by atoms with Crippen molar-refractivity contribution in [2.45, 2.75) is 32.5 Å². The standard InChI is InChI=1S/C23H22N6O4.CH4O3S/c1-14-8-11-28(16-6-7-16)21-18(14)29(22(31)17-5-2-9-25-20(17)26-21)23(32)33-13-27-10-3-4-15(12-27)19(24)30;1-5(2,3)4/h2-5,8-10,12,16H,6-7,11,13H2,1H3,(H2-,24,25,26,30,31);1H3,(H,2,3,4). The van der Waals surface area contributed by atoms with Gasteiger partial charge in [0.15, 0.2) is 12.4 Å². The second-order valence-corrected chi connectivity index (χ2v) is 10.3. The second-order valence-electron chi connectivity index (χ2n) is 8.85. The lowest BCUT2D eigenvalue weighted by Gasteiger charge is -2.34. The van der Waals surface area contributed by atoms with Gasteiger partial charge in [-0.25, -0.2) is 23.1 Å². The molecule has 0 radical (unpaired) electrons. The maximum Gasteiger partial charge on any atom is 0.426 e. The van der Waals surface area contributed by atoms with Gasteiger partial charge in [-0.2, -0.15) is 4.57 Å². The Kier molecular flexibility index (Phi) is 7.46. The zero-order chi connectivity index (χ0) is 27.6. The van der Waals surface area contributed by atoms with Gasteiger partial charge in [0, 0.05) is 31.1 Å². The van der Waals surface area contributed by atoms with E-state index in [-0.39, 0.29) is 17.9 Å². The number of allylic oxidation sites excluding steroid dienone is 1. The van der Waals surface area contributed by atoms with Gasteiger partial charge in [0.25, 0.3) is 18.5 Å². The summed E-state index contributed by atoms with van der Waals surface area (Å²) in [6.07, 6.45) is 8.59. The van der Waals surface area contributed by atoms with Gasteiger partial charge >= 0.3 is 6.09 Å². The Morgan fingerprint density at radius 3 is 2.66 bits per heavy atom. The molecule has 0 unspecified atom stereocenters. The topological polar surface area (TPSA) is 179 Å². The maximum atomic E-state index is 13.5. The molecule has 14 heteroatoms. The Morgan fingerprint density at radius 2 is 2.00 bits per heavy atom. The first-order valence-electron chi connectivity index (χ1n) is 11.5. The molecule has 2 aromatic heterocycles. The highest BCUT2D eigenvalue weighted by atomic mass is 32.2. The number of pyridine rings is 2. The average molecular weight is 543 g/mol. The van der Waals surface area contributed by atoms with Gasteiger partial charge in [-0.1, -0.05) is 6.08 Å². The number of hydrogen-bond acceptors (Lipinski definition) is 10. The van der Waals surface area contributed by atoms with Crippen molar-refractivity contribution in [1.29, 1.82) is 0 Å². The van der Waals surface area contributed by atoms with Crippen molar-refractivity contribution in [3.05, 3.63) is 77.2 Å². The minimum atomic E-state index is -3.92. The van der Waals surface area contributed by atoms with Crippen LogP contribution in [0.5, 0.6) is 0 Å². The zero-order valence-electron chi connectivity index (χ0n) is 20.7. The van der Waals surface area contributed by atoms with Crippen LogP contribution >= 0.6 is 0 Å². The van der Waals surface area contributed by atoms with E-state index in [1.165, 1.54) is 10.8 Å². The molecule has 38 heavy (non-hydrogen) atoms. The number of imide groups is 1. The minimum absolute atomic E-state index is 0.200. The van der Waals surface area contributed by atoms with Crippen LogP contribution < -0.4 is 15.6 Å². The van der Waals surface area contributed by atoms with Gasteiger partial charge < -0.3 is 25.2 Å². The molecule has 1 saturated carbocycles. The number of amides is 3. The first-order chi connectivity index (χ1) is 17.9. The molecule has 3 aliphatic rings. The van der Waals surface area contributed by atoms with Crippen molar-refractivity contribution in [1.82, 2.24) is 14.8 Å². The molecule has 0 saturated heterocycles. The Morgan fingerprint density at radius 1 is 1.29 bits per heavy atom. The number of anilines is 1. The van der Waals surface area contributed by atoms with E-state index in [9.17, 15) is 14.4 Å². The Balaban J connectivity index is 0.000000617. The van der Waals surface area contributed by atoms with Crippen LogP contribution in [0.2, 0.25) is 0 Å². The van der Waals surface area contributed by atoms with Crippen molar-refractivity contribution in [3.8, 4) is 0 Å². The quantitative estimate of drug-likeness (QED) is 0.416. The molecule has 200 valence electrons. The molecule has 0 atom stereocenters. The summed E-state index contributed by atoms with van der Waals surface area (Å²) in [5, 5.41) is 3.30.